The topological polar surface area (TPSA) is 39.7 Å². The van der Waals surface area contributed by atoms with Crippen molar-refractivity contribution in [3.05, 3.63) is 39.6 Å². The second-order valence-corrected chi connectivity index (χ2v) is 6.64. The number of hydrogen-bond donors (Lipinski definition) is 1. The molecule has 1 heterocycles. The van der Waals surface area contributed by atoms with Gasteiger partial charge in [0.15, 0.2) is 11.5 Å². The Labute approximate surface area is 141 Å². The van der Waals surface area contributed by atoms with Crippen LogP contribution in [0.4, 0.5) is 0 Å². The summed E-state index contributed by atoms with van der Waals surface area (Å²) in [5, 5.41) is 5.87. The molecule has 1 aliphatic carbocycles. The van der Waals surface area contributed by atoms with Crippen molar-refractivity contribution >= 4 is 11.3 Å². The van der Waals surface area contributed by atoms with E-state index in [-0.39, 0.29) is 0 Å². The maximum Gasteiger partial charge on any atom is 0.164 e. The van der Waals surface area contributed by atoms with Crippen molar-refractivity contribution in [2.24, 2.45) is 0 Å². The minimum Gasteiger partial charge on any atom is -0.496 e. The molecule has 124 valence electrons. The van der Waals surface area contributed by atoms with Crippen LogP contribution in [-0.2, 0) is 13.0 Å². The molecule has 5 heteroatoms. The number of fused-ring (bicyclic) bond motifs is 1. The number of hydrogen-bond acceptors (Lipinski definition) is 5. The molecule has 0 saturated carbocycles. The van der Waals surface area contributed by atoms with E-state index in [9.17, 15) is 0 Å². The van der Waals surface area contributed by atoms with Crippen molar-refractivity contribution in [3.63, 3.8) is 0 Å². The van der Waals surface area contributed by atoms with Crippen molar-refractivity contribution < 1.29 is 14.2 Å². The van der Waals surface area contributed by atoms with E-state index < -0.39 is 0 Å². The monoisotopic (exact) mass is 333 g/mol. The average Bonchev–Trinajstić information content (AvgIpc) is 3.08. The van der Waals surface area contributed by atoms with Gasteiger partial charge < -0.3 is 19.5 Å². The van der Waals surface area contributed by atoms with Gasteiger partial charge in [0, 0.05) is 29.1 Å². The van der Waals surface area contributed by atoms with Crippen LogP contribution in [0.15, 0.2) is 23.6 Å². The minimum absolute atomic E-state index is 0.419. The molecular weight excluding hydrogens is 310 g/mol. The second kappa shape index (κ2) is 7.23. The van der Waals surface area contributed by atoms with Crippen molar-refractivity contribution in [3.8, 4) is 17.2 Å². The van der Waals surface area contributed by atoms with Crippen LogP contribution in [-0.4, -0.2) is 21.3 Å². The number of nitrogens with one attached hydrogen (secondary N) is 1. The third-order valence-electron chi connectivity index (χ3n) is 4.38. The molecule has 1 aromatic heterocycles. The lowest BCUT2D eigenvalue weighted by Crippen LogP contribution is -2.24. The van der Waals surface area contributed by atoms with Gasteiger partial charge in [-0.1, -0.05) is 0 Å². The van der Waals surface area contributed by atoms with Gasteiger partial charge in [-0.25, -0.2) is 0 Å². The predicted molar refractivity (Wildman–Crippen MR) is 92.9 cm³/mol. The molecule has 4 nitrogen and oxygen atoms in total. The summed E-state index contributed by atoms with van der Waals surface area (Å²) in [6.45, 7) is 0.740. The zero-order valence-electron chi connectivity index (χ0n) is 13.8. The number of benzene rings is 1. The Balaban J connectivity index is 1.78. The Morgan fingerprint density at radius 1 is 1.09 bits per heavy atom. The third-order valence-corrected chi connectivity index (χ3v) is 5.37. The highest BCUT2D eigenvalue weighted by Crippen LogP contribution is 2.36. The Morgan fingerprint density at radius 2 is 1.83 bits per heavy atom. The van der Waals surface area contributed by atoms with E-state index in [2.05, 4.69) is 16.8 Å². The lowest BCUT2D eigenvalue weighted by molar-refractivity contribution is 0.346. The number of aryl methyl sites for hydroxylation is 1. The summed E-state index contributed by atoms with van der Waals surface area (Å²) in [5.74, 6) is 2.23. The van der Waals surface area contributed by atoms with E-state index in [4.69, 9.17) is 14.2 Å². The van der Waals surface area contributed by atoms with Crippen LogP contribution in [0.3, 0.4) is 0 Å². The first-order valence-electron chi connectivity index (χ1n) is 7.85. The molecule has 23 heavy (non-hydrogen) atoms. The summed E-state index contributed by atoms with van der Waals surface area (Å²) in [4.78, 5) is 1.52. The number of methoxy groups -OCH3 is 3. The van der Waals surface area contributed by atoms with Crippen LogP contribution in [0.5, 0.6) is 17.2 Å². The van der Waals surface area contributed by atoms with E-state index >= 15 is 0 Å². The fourth-order valence-corrected chi connectivity index (χ4v) is 4.15. The zero-order chi connectivity index (χ0) is 16.2. The normalized spacial score (nSPS) is 16.7. The Bertz CT molecular complexity index is 668. The Hall–Kier alpha value is -1.72. The largest absolute Gasteiger partial charge is 0.496 e. The van der Waals surface area contributed by atoms with Gasteiger partial charge in [0.05, 0.1) is 21.3 Å². The van der Waals surface area contributed by atoms with Gasteiger partial charge in [-0.15, -0.1) is 11.3 Å². The predicted octanol–water partition coefficient (Wildman–Crippen LogP) is 3.94. The van der Waals surface area contributed by atoms with Gasteiger partial charge >= 0.3 is 0 Å². The van der Waals surface area contributed by atoms with Crippen LogP contribution < -0.4 is 19.5 Å². The summed E-state index contributed by atoms with van der Waals surface area (Å²) in [6.07, 6.45) is 3.64. The fraction of sp³-hybridized carbons (Fsp3) is 0.444. The van der Waals surface area contributed by atoms with Gasteiger partial charge in [-0.2, -0.15) is 0 Å². The second-order valence-electron chi connectivity index (χ2n) is 5.64. The highest BCUT2D eigenvalue weighted by molar-refractivity contribution is 7.10. The molecule has 0 spiro atoms. The lowest BCUT2D eigenvalue weighted by atomic mass is 9.94. The fourth-order valence-electron chi connectivity index (χ4n) is 3.16. The average molecular weight is 333 g/mol. The highest BCUT2D eigenvalue weighted by atomic mass is 32.1. The summed E-state index contributed by atoms with van der Waals surface area (Å²) in [7, 11) is 4.97. The molecule has 0 bridgehead atoms. The molecule has 1 unspecified atom stereocenters. The Morgan fingerprint density at radius 3 is 2.57 bits per heavy atom. The molecule has 3 rings (SSSR count). The van der Waals surface area contributed by atoms with Gasteiger partial charge in [0.25, 0.3) is 0 Å². The Kier molecular flexibility index (Phi) is 5.08. The first kappa shape index (κ1) is 16.1. The summed E-state index contributed by atoms with van der Waals surface area (Å²) >= 11 is 1.87. The summed E-state index contributed by atoms with van der Waals surface area (Å²) in [6, 6.07) is 6.54. The van der Waals surface area contributed by atoms with Gasteiger partial charge in [-0.05, 0) is 42.3 Å². The molecule has 1 N–H and O–H groups in total. The summed E-state index contributed by atoms with van der Waals surface area (Å²) < 4.78 is 16.3. The molecule has 1 aliphatic rings. The van der Waals surface area contributed by atoms with Crippen molar-refractivity contribution in [2.75, 3.05) is 21.3 Å². The van der Waals surface area contributed by atoms with Gasteiger partial charge in [0.1, 0.15) is 5.75 Å². The first-order chi connectivity index (χ1) is 11.3. The molecule has 0 amide bonds. The van der Waals surface area contributed by atoms with E-state index in [0.717, 1.165) is 23.6 Å². The zero-order valence-corrected chi connectivity index (χ0v) is 14.7. The van der Waals surface area contributed by atoms with Crippen molar-refractivity contribution in [2.45, 2.75) is 31.8 Å². The van der Waals surface area contributed by atoms with Crippen LogP contribution in [0.2, 0.25) is 0 Å². The van der Waals surface area contributed by atoms with Crippen LogP contribution in [0.1, 0.15) is 34.9 Å². The standard InChI is InChI=1S/C18H23NO3S/c1-20-15-10-17(22-3)16(21-2)9-12(15)11-19-14-5-4-6-18-13(14)7-8-23-18/h7-10,14,19H,4-6,11H2,1-3H3. The van der Waals surface area contributed by atoms with E-state index in [1.165, 1.54) is 29.7 Å². The van der Waals surface area contributed by atoms with Crippen LogP contribution in [0.25, 0.3) is 0 Å². The number of thiophene rings is 1. The maximum absolute atomic E-state index is 5.51. The quantitative estimate of drug-likeness (QED) is 0.869. The lowest BCUT2D eigenvalue weighted by Gasteiger charge is -2.24. The van der Waals surface area contributed by atoms with E-state index in [0.29, 0.717) is 11.8 Å². The van der Waals surface area contributed by atoms with Crippen LogP contribution in [0, 0.1) is 0 Å². The molecular formula is C18H23NO3S. The number of rotatable bonds is 6. The minimum atomic E-state index is 0.419. The molecule has 1 aromatic carbocycles. The molecule has 0 radical (unpaired) electrons. The smallest absolute Gasteiger partial charge is 0.164 e. The van der Waals surface area contributed by atoms with E-state index in [1.807, 2.05) is 23.5 Å². The molecule has 0 fully saturated rings. The third kappa shape index (κ3) is 3.31. The van der Waals surface area contributed by atoms with E-state index in [1.54, 1.807) is 21.3 Å². The van der Waals surface area contributed by atoms with Crippen molar-refractivity contribution in [1.29, 1.82) is 0 Å². The van der Waals surface area contributed by atoms with Crippen LogP contribution >= 0.6 is 11.3 Å². The summed E-state index contributed by atoms with van der Waals surface area (Å²) in [5.41, 5.74) is 2.54. The van der Waals surface area contributed by atoms with Crippen molar-refractivity contribution in [1.82, 2.24) is 5.32 Å². The molecule has 0 aliphatic heterocycles. The highest BCUT2D eigenvalue weighted by Gasteiger charge is 2.21. The molecule has 2 aromatic rings. The molecule has 0 saturated heterocycles. The molecule has 1 atom stereocenters. The van der Waals surface area contributed by atoms with Gasteiger partial charge in [0.2, 0.25) is 0 Å². The number of ether oxygens (including phenoxy) is 3. The first-order valence-corrected chi connectivity index (χ1v) is 8.73. The maximum atomic E-state index is 5.51. The SMILES string of the molecule is COc1cc(OC)c(OC)cc1CNC1CCCc2sccc21. The van der Waals surface area contributed by atoms with Gasteiger partial charge in [-0.3, -0.25) is 0 Å².